The zero-order valence-corrected chi connectivity index (χ0v) is 13.4. The minimum absolute atomic E-state index is 0.168. The van der Waals surface area contributed by atoms with Gasteiger partial charge in [-0.3, -0.25) is 4.79 Å². The molecule has 1 amide bonds. The van der Waals surface area contributed by atoms with Gasteiger partial charge in [0.1, 0.15) is 5.82 Å². The van der Waals surface area contributed by atoms with E-state index in [1.54, 1.807) is 36.4 Å². The van der Waals surface area contributed by atoms with Crippen molar-refractivity contribution in [3.8, 4) is 0 Å². The van der Waals surface area contributed by atoms with Crippen LogP contribution in [0.2, 0.25) is 0 Å². The fraction of sp³-hybridized carbons (Fsp3) is 0.176. The van der Waals surface area contributed by atoms with Crippen LogP contribution in [0.15, 0.2) is 53.4 Å². The van der Waals surface area contributed by atoms with E-state index in [9.17, 15) is 14.0 Å². The molecule has 0 aromatic heterocycles. The number of halogens is 1. The lowest BCUT2D eigenvalue weighted by molar-refractivity contribution is -0.118. The molecule has 0 aliphatic rings. The summed E-state index contributed by atoms with van der Waals surface area (Å²) >= 11 is 1.26. The number of esters is 1. The van der Waals surface area contributed by atoms with Crippen molar-refractivity contribution in [3.63, 3.8) is 0 Å². The standard InChI is InChI=1S/C17H16FNO3S/c1-22-17(21)14-4-2-3-5-15(14)23-11-16(20)19-10-12-6-8-13(18)9-7-12/h2-9H,10-11H2,1H3,(H,19,20). The van der Waals surface area contributed by atoms with E-state index >= 15 is 0 Å². The van der Waals surface area contributed by atoms with E-state index in [2.05, 4.69) is 5.32 Å². The largest absolute Gasteiger partial charge is 0.465 e. The van der Waals surface area contributed by atoms with Crippen LogP contribution >= 0.6 is 11.8 Å². The fourth-order valence-electron chi connectivity index (χ4n) is 1.87. The topological polar surface area (TPSA) is 55.4 Å². The average Bonchev–Trinajstić information content (AvgIpc) is 2.59. The maximum absolute atomic E-state index is 12.8. The first-order valence-electron chi connectivity index (χ1n) is 6.91. The van der Waals surface area contributed by atoms with Crippen molar-refractivity contribution >= 4 is 23.6 Å². The average molecular weight is 333 g/mol. The Morgan fingerprint density at radius 1 is 1.13 bits per heavy atom. The number of nitrogens with one attached hydrogen (secondary N) is 1. The summed E-state index contributed by atoms with van der Waals surface area (Å²) in [7, 11) is 1.32. The van der Waals surface area contributed by atoms with Crippen LogP contribution in [-0.2, 0) is 16.1 Å². The molecule has 0 aliphatic heterocycles. The summed E-state index contributed by atoms with van der Waals surface area (Å²) < 4.78 is 17.5. The van der Waals surface area contributed by atoms with Gasteiger partial charge in [-0.2, -0.15) is 0 Å². The number of thioether (sulfide) groups is 1. The maximum Gasteiger partial charge on any atom is 0.338 e. The summed E-state index contributed by atoms with van der Waals surface area (Å²) in [6, 6.07) is 12.9. The second-order valence-corrected chi connectivity index (χ2v) is 5.70. The van der Waals surface area contributed by atoms with Crippen molar-refractivity contribution in [1.82, 2.24) is 5.32 Å². The van der Waals surface area contributed by atoms with Crippen molar-refractivity contribution in [2.24, 2.45) is 0 Å². The number of carbonyl (C=O) groups is 2. The molecule has 120 valence electrons. The molecule has 2 rings (SSSR count). The van der Waals surface area contributed by atoms with E-state index in [0.717, 1.165) is 5.56 Å². The van der Waals surface area contributed by atoms with E-state index in [4.69, 9.17) is 4.74 Å². The van der Waals surface area contributed by atoms with E-state index < -0.39 is 5.97 Å². The van der Waals surface area contributed by atoms with Crippen LogP contribution in [-0.4, -0.2) is 24.7 Å². The molecule has 0 unspecified atom stereocenters. The third-order valence-electron chi connectivity index (χ3n) is 3.05. The molecule has 0 aliphatic carbocycles. The number of rotatable bonds is 6. The second-order valence-electron chi connectivity index (χ2n) is 4.68. The molecule has 0 saturated carbocycles. The lowest BCUT2D eigenvalue weighted by atomic mass is 10.2. The van der Waals surface area contributed by atoms with Crippen molar-refractivity contribution in [3.05, 3.63) is 65.5 Å². The van der Waals surface area contributed by atoms with Crippen LogP contribution < -0.4 is 5.32 Å². The number of benzene rings is 2. The van der Waals surface area contributed by atoms with Crippen LogP contribution in [0.4, 0.5) is 4.39 Å². The van der Waals surface area contributed by atoms with Crippen LogP contribution in [0.5, 0.6) is 0 Å². The van der Waals surface area contributed by atoms with E-state index in [0.29, 0.717) is 17.0 Å². The Morgan fingerprint density at radius 2 is 1.83 bits per heavy atom. The third kappa shape index (κ3) is 5.10. The van der Waals surface area contributed by atoms with Gasteiger partial charge < -0.3 is 10.1 Å². The number of methoxy groups -OCH3 is 1. The minimum atomic E-state index is -0.431. The molecular formula is C17H16FNO3S. The van der Waals surface area contributed by atoms with Gasteiger partial charge >= 0.3 is 5.97 Å². The van der Waals surface area contributed by atoms with E-state index in [1.807, 2.05) is 0 Å². The summed E-state index contributed by atoms with van der Waals surface area (Å²) in [6.45, 7) is 0.332. The Labute approximate surface area is 138 Å². The Morgan fingerprint density at radius 3 is 2.52 bits per heavy atom. The lowest BCUT2D eigenvalue weighted by Gasteiger charge is -2.08. The fourth-order valence-corrected chi connectivity index (χ4v) is 2.74. The van der Waals surface area contributed by atoms with Crippen LogP contribution in [0, 0.1) is 5.82 Å². The zero-order chi connectivity index (χ0) is 16.7. The predicted molar refractivity (Wildman–Crippen MR) is 86.8 cm³/mol. The van der Waals surface area contributed by atoms with Crippen molar-refractivity contribution in [2.75, 3.05) is 12.9 Å². The van der Waals surface area contributed by atoms with Crippen molar-refractivity contribution in [1.29, 1.82) is 0 Å². The Balaban J connectivity index is 1.87. The molecule has 0 bridgehead atoms. The normalized spacial score (nSPS) is 10.2. The summed E-state index contributed by atoms with van der Waals surface area (Å²) in [6.07, 6.45) is 0. The number of hydrogen-bond acceptors (Lipinski definition) is 4. The van der Waals surface area contributed by atoms with Crippen LogP contribution in [0.25, 0.3) is 0 Å². The Hall–Kier alpha value is -2.34. The van der Waals surface area contributed by atoms with Gasteiger partial charge in [0.25, 0.3) is 0 Å². The smallest absolute Gasteiger partial charge is 0.338 e. The van der Waals surface area contributed by atoms with Gasteiger partial charge in [0.2, 0.25) is 5.91 Å². The summed E-state index contributed by atoms with van der Waals surface area (Å²) in [4.78, 5) is 24.2. The molecule has 23 heavy (non-hydrogen) atoms. The molecule has 0 fully saturated rings. The zero-order valence-electron chi connectivity index (χ0n) is 12.5. The molecule has 6 heteroatoms. The Bertz CT molecular complexity index is 688. The van der Waals surface area contributed by atoms with Crippen LogP contribution in [0.3, 0.4) is 0 Å². The molecule has 0 heterocycles. The predicted octanol–water partition coefficient (Wildman–Crippen LogP) is 3.02. The highest BCUT2D eigenvalue weighted by molar-refractivity contribution is 8.00. The molecule has 0 saturated heterocycles. The number of carbonyl (C=O) groups excluding carboxylic acids is 2. The lowest BCUT2D eigenvalue weighted by Crippen LogP contribution is -2.24. The highest BCUT2D eigenvalue weighted by Gasteiger charge is 2.12. The SMILES string of the molecule is COC(=O)c1ccccc1SCC(=O)NCc1ccc(F)cc1. The third-order valence-corrected chi connectivity index (χ3v) is 4.13. The molecule has 0 spiro atoms. The highest BCUT2D eigenvalue weighted by atomic mass is 32.2. The first-order chi connectivity index (χ1) is 11.1. The van der Waals surface area contributed by atoms with E-state index in [-0.39, 0.29) is 17.5 Å². The number of ether oxygens (including phenoxy) is 1. The quantitative estimate of drug-likeness (QED) is 0.652. The number of amides is 1. The molecular weight excluding hydrogens is 317 g/mol. The monoisotopic (exact) mass is 333 g/mol. The van der Waals surface area contributed by atoms with Gasteiger partial charge in [0, 0.05) is 11.4 Å². The molecule has 1 N–H and O–H groups in total. The molecule has 2 aromatic rings. The van der Waals surface area contributed by atoms with Gasteiger partial charge in [0.15, 0.2) is 0 Å². The van der Waals surface area contributed by atoms with Crippen molar-refractivity contribution in [2.45, 2.75) is 11.4 Å². The van der Waals surface area contributed by atoms with Gasteiger partial charge in [-0.25, -0.2) is 9.18 Å². The summed E-state index contributed by atoms with van der Waals surface area (Å²) in [5.41, 5.74) is 1.26. The molecule has 0 atom stereocenters. The minimum Gasteiger partial charge on any atom is -0.465 e. The molecule has 0 radical (unpaired) electrons. The van der Waals surface area contributed by atoms with Crippen LogP contribution in [0.1, 0.15) is 15.9 Å². The first-order valence-corrected chi connectivity index (χ1v) is 7.90. The number of hydrogen-bond donors (Lipinski definition) is 1. The summed E-state index contributed by atoms with van der Waals surface area (Å²) in [5, 5.41) is 2.75. The van der Waals surface area contributed by atoms with Gasteiger partial charge in [-0.15, -0.1) is 11.8 Å². The Kier molecular flexibility index (Phi) is 6.17. The molecule has 4 nitrogen and oxygen atoms in total. The second kappa shape index (κ2) is 8.33. The van der Waals surface area contributed by atoms with Crippen molar-refractivity contribution < 1.29 is 18.7 Å². The van der Waals surface area contributed by atoms with Gasteiger partial charge in [-0.05, 0) is 29.8 Å². The van der Waals surface area contributed by atoms with E-state index in [1.165, 1.54) is 31.0 Å². The highest BCUT2D eigenvalue weighted by Crippen LogP contribution is 2.23. The van der Waals surface area contributed by atoms with Gasteiger partial charge in [0.05, 0.1) is 18.4 Å². The summed E-state index contributed by atoms with van der Waals surface area (Å²) in [5.74, 6) is -0.733. The first kappa shape index (κ1) is 17.0. The maximum atomic E-state index is 12.8. The molecule has 2 aromatic carbocycles. The van der Waals surface area contributed by atoms with Gasteiger partial charge in [-0.1, -0.05) is 24.3 Å².